The molecule has 1 aliphatic rings. The van der Waals surface area contributed by atoms with E-state index in [-0.39, 0.29) is 18.0 Å². The number of esters is 1. The second-order valence-corrected chi connectivity index (χ2v) is 8.44. The van der Waals surface area contributed by atoms with Gasteiger partial charge in [0.25, 0.3) is 5.56 Å². The summed E-state index contributed by atoms with van der Waals surface area (Å²) in [5.41, 5.74) is 0.920. The Bertz CT molecular complexity index is 1110. The van der Waals surface area contributed by atoms with Crippen LogP contribution in [0.3, 0.4) is 0 Å². The molecule has 8 heteroatoms. The lowest BCUT2D eigenvalue weighted by molar-refractivity contribution is -0.151. The van der Waals surface area contributed by atoms with Crippen LogP contribution in [-0.4, -0.2) is 22.5 Å². The van der Waals surface area contributed by atoms with Crippen LogP contribution in [0.15, 0.2) is 29.1 Å². The first-order valence-corrected chi connectivity index (χ1v) is 10.3. The third-order valence-electron chi connectivity index (χ3n) is 5.05. The van der Waals surface area contributed by atoms with Gasteiger partial charge in [-0.3, -0.25) is 4.79 Å². The number of aromatic amines is 1. The minimum absolute atomic E-state index is 0.192. The van der Waals surface area contributed by atoms with Gasteiger partial charge in [0.1, 0.15) is 16.4 Å². The number of benzene rings is 1. The topological polar surface area (TPSA) is 81.3 Å². The quantitative estimate of drug-likeness (QED) is 0.638. The van der Waals surface area contributed by atoms with E-state index in [0.717, 1.165) is 24.8 Å². The summed E-state index contributed by atoms with van der Waals surface area (Å²) in [5, 5.41) is 0.666. The van der Waals surface area contributed by atoms with E-state index in [1.165, 1.54) is 29.1 Å². The maximum Gasteiger partial charge on any atom is 0.344 e. The highest BCUT2D eigenvalue weighted by atomic mass is 32.1. The molecular formula is C21H21FN2O4S. The van der Waals surface area contributed by atoms with E-state index >= 15 is 0 Å². The molecule has 0 bridgehead atoms. The Morgan fingerprint density at radius 1 is 1.38 bits per heavy atom. The lowest BCUT2D eigenvalue weighted by Gasteiger charge is -2.17. The highest BCUT2D eigenvalue weighted by molar-refractivity contribution is 7.18. The van der Waals surface area contributed by atoms with Gasteiger partial charge in [-0.15, -0.1) is 11.3 Å². The van der Waals surface area contributed by atoms with E-state index in [9.17, 15) is 14.0 Å². The van der Waals surface area contributed by atoms with Gasteiger partial charge in [0.15, 0.2) is 18.5 Å². The number of hydrogen-bond donors (Lipinski definition) is 1. The Morgan fingerprint density at radius 2 is 2.14 bits per heavy atom. The van der Waals surface area contributed by atoms with Gasteiger partial charge in [-0.1, -0.05) is 6.92 Å². The second kappa shape index (κ2) is 7.94. The first-order valence-electron chi connectivity index (χ1n) is 9.53. The van der Waals surface area contributed by atoms with Crippen LogP contribution in [0.1, 0.15) is 42.6 Å². The number of H-pyrrole nitrogens is 1. The fourth-order valence-corrected chi connectivity index (χ4v) is 4.91. The summed E-state index contributed by atoms with van der Waals surface area (Å²) in [7, 11) is 0. The molecule has 0 fully saturated rings. The first-order chi connectivity index (χ1) is 13.9. The molecular weight excluding hydrogens is 395 g/mol. The predicted molar refractivity (Wildman–Crippen MR) is 108 cm³/mol. The molecule has 2 aromatic heterocycles. The van der Waals surface area contributed by atoms with Gasteiger partial charge in [0.05, 0.1) is 5.39 Å². The molecule has 3 aromatic rings. The van der Waals surface area contributed by atoms with Crippen LogP contribution in [-0.2, 0) is 22.4 Å². The number of halogens is 1. The molecule has 2 heterocycles. The SMILES string of the molecule is C[C@@H]1CCc2c(sc3nc([C@H](C)OC(=O)COc4ccc(F)cc4)[nH]c(=O)c23)C1. The summed E-state index contributed by atoms with van der Waals surface area (Å²) in [5.74, 6) is 0.286. The molecule has 152 valence electrons. The van der Waals surface area contributed by atoms with Crippen molar-refractivity contribution in [2.75, 3.05) is 6.61 Å². The molecule has 0 amide bonds. The zero-order valence-corrected chi connectivity index (χ0v) is 17.0. The molecule has 0 aliphatic heterocycles. The Hall–Kier alpha value is -2.74. The summed E-state index contributed by atoms with van der Waals surface area (Å²) in [6.07, 6.45) is 2.21. The van der Waals surface area contributed by atoms with Crippen molar-refractivity contribution in [1.29, 1.82) is 0 Å². The first kappa shape index (κ1) is 19.6. The number of aromatic nitrogens is 2. The predicted octanol–water partition coefficient (Wildman–Crippen LogP) is 3.93. The number of carbonyl (C=O) groups is 1. The third kappa shape index (κ3) is 4.17. The zero-order chi connectivity index (χ0) is 20.5. The van der Waals surface area contributed by atoms with Gasteiger partial charge >= 0.3 is 5.97 Å². The summed E-state index contributed by atoms with van der Waals surface area (Å²) >= 11 is 1.55. The monoisotopic (exact) mass is 416 g/mol. The van der Waals surface area contributed by atoms with Crippen molar-refractivity contribution in [3.63, 3.8) is 0 Å². The van der Waals surface area contributed by atoms with Crippen LogP contribution in [0.2, 0.25) is 0 Å². The van der Waals surface area contributed by atoms with E-state index in [1.807, 2.05) is 0 Å². The largest absolute Gasteiger partial charge is 0.482 e. The number of carbonyl (C=O) groups excluding carboxylic acids is 1. The van der Waals surface area contributed by atoms with Gasteiger partial charge in [0, 0.05) is 4.88 Å². The van der Waals surface area contributed by atoms with Crippen LogP contribution < -0.4 is 10.3 Å². The Balaban J connectivity index is 1.46. The van der Waals surface area contributed by atoms with Crippen molar-refractivity contribution in [3.05, 3.63) is 56.7 Å². The lowest BCUT2D eigenvalue weighted by Crippen LogP contribution is -2.21. The van der Waals surface area contributed by atoms with E-state index in [0.29, 0.717) is 27.7 Å². The number of ether oxygens (including phenoxy) is 2. The van der Waals surface area contributed by atoms with Gasteiger partial charge in [0.2, 0.25) is 0 Å². The Kier molecular flexibility index (Phi) is 5.36. The maximum absolute atomic E-state index is 12.9. The molecule has 29 heavy (non-hydrogen) atoms. The zero-order valence-electron chi connectivity index (χ0n) is 16.2. The van der Waals surface area contributed by atoms with Gasteiger partial charge < -0.3 is 14.5 Å². The van der Waals surface area contributed by atoms with Gasteiger partial charge in [-0.05, 0) is 61.9 Å². The number of rotatable bonds is 5. The van der Waals surface area contributed by atoms with Crippen molar-refractivity contribution in [1.82, 2.24) is 9.97 Å². The van der Waals surface area contributed by atoms with Crippen molar-refractivity contribution >= 4 is 27.5 Å². The Labute approximate surface area is 170 Å². The van der Waals surface area contributed by atoms with E-state index < -0.39 is 12.1 Å². The van der Waals surface area contributed by atoms with Crippen LogP contribution in [0, 0.1) is 11.7 Å². The smallest absolute Gasteiger partial charge is 0.344 e. The van der Waals surface area contributed by atoms with E-state index in [4.69, 9.17) is 9.47 Å². The average molecular weight is 416 g/mol. The molecule has 6 nitrogen and oxygen atoms in total. The Morgan fingerprint density at radius 3 is 2.90 bits per heavy atom. The number of nitrogens with one attached hydrogen (secondary N) is 1. The molecule has 0 saturated heterocycles. The number of fused-ring (bicyclic) bond motifs is 3. The molecule has 0 unspecified atom stereocenters. The molecule has 1 aliphatic carbocycles. The van der Waals surface area contributed by atoms with E-state index in [2.05, 4.69) is 16.9 Å². The summed E-state index contributed by atoms with van der Waals surface area (Å²) < 4.78 is 23.5. The number of nitrogens with zero attached hydrogens (tertiary/aromatic N) is 1. The summed E-state index contributed by atoms with van der Waals surface area (Å²) in [4.78, 5) is 34.0. The fourth-order valence-electron chi connectivity index (χ4n) is 3.52. The number of thiophene rings is 1. The van der Waals surface area contributed by atoms with Crippen molar-refractivity contribution in [2.45, 2.75) is 39.2 Å². The maximum atomic E-state index is 12.9. The summed E-state index contributed by atoms with van der Waals surface area (Å²) in [6.45, 7) is 3.54. The fraction of sp³-hybridized carbons (Fsp3) is 0.381. The van der Waals surface area contributed by atoms with Crippen LogP contribution in [0.25, 0.3) is 10.2 Å². The lowest BCUT2D eigenvalue weighted by atomic mass is 9.89. The molecule has 2 atom stereocenters. The number of aryl methyl sites for hydroxylation is 1. The minimum Gasteiger partial charge on any atom is -0.482 e. The van der Waals surface area contributed by atoms with E-state index in [1.54, 1.807) is 18.3 Å². The van der Waals surface area contributed by atoms with Gasteiger partial charge in [-0.2, -0.15) is 0 Å². The molecule has 0 spiro atoms. The van der Waals surface area contributed by atoms with Crippen LogP contribution >= 0.6 is 11.3 Å². The normalized spacial score (nSPS) is 17.0. The molecule has 0 saturated carbocycles. The second-order valence-electron chi connectivity index (χ2n) is 7.36. The third-order valence-corrected chi connectivity index (χ3v) is 6.20. The van der Waals surface area contributed by atoms with Crippen molar-refractivity contribution in [3.8, 4) is 5.75 Å². The highest BCUT2D eigenvalue weighted by Crippen LogP contribution is 2.35. The molecule has 4 rings (SSSR count). The summed E-state index contributed by atoms with van der Waals surface area (Å²) in [6, 6.07) is 5.35. The van der Waals surface area contributed by atoms with Crippen molar-refractivity contribution < 1.29 is 18.7 Å². The molecule has 1 aromatic carbocycles. The standard InChI is InChI=1S/C21H21FN2O4S/c1-11-3-8-15-16(9-11)29-21-18(15)20(26)23-19(24-21)12(2)28-17(25)10-27-14-6-4-13(22)5-7-14/h4-7,11-12H,3,8-10H2,1-2H3,(H,23,24,26)/t11-,12+/m1/s1. The average Bonchev–Trinajstić information content (AvgIpc) is 3.05. The van der Waals surface area contributed by atoms with Crippen LogP contribution in [0.4, 0.5) is 4.39 Å². The van der Waals surface area contributed by atoms with Crippen molar-refractivity contribution in [2.24, 2.45) is 5.92 Å². The molecule has 0 radical (unpaired) electrons. The van der Waals surface area contributed by atoms with Crippen LogP contribution in [0.5, 0.6) is 5.75 Å². The van der Waals surface area contributed by atoms with Gasteiger partial charge in [-0.25, -0.2) is 14.2 Å². The highest BCUT2D eigenvalue weighted by Gasteiger charge is 2.24. The molecule has 1 N–H and O–H groups in total. The number of hydrogen-bond acceptors (Lipinski definition) is 6. The minimum atomic E-state index is -0.727.